The molecule has 1 aromatic rings. The van der Waals surface area contributed by atoms with Crippen molar-refractivity contribution in [2.75, 3.05) is 39.3 Å². The highest BCUT2D eigenvalue weighted by Crippen LogP contribution is 2.19. The van der Waals surface area contributed by atoms with E-state index >= 15 is 0 Å². The maximum atomic E-state index is 12.5. The van der Waals surface area contributed by atoms with Gasteiger partial charge in [0, 0.05) is 38.2 Å². The van der Waals surface area contributed by atoms with Crippen molar-refractivity contribution in [3.63, 3.8) is 0 Å². The Bertz CT molecular complexity index is 529. The van der Waals surface area contributed by atoms with Gasteiger partial charge in [-0.05, 0) is 31.5 Å². The summed E-state index contributed by atoms with van der Waals surface area (Å²) < 4.78 is 0. The quantitative estimate of drug-likeness (QED) is 0.820. The lowest BCUT2D eigenvalue weighted by atomic mass is 10.1. The van der Waals surface area contributed by atoms with Crippen LogP contribution in [0.1, 0.15) is 31.2 Å². The summed E-state index contributed by atoms with van der Waals surface area (Å²) in [6.07, 6.45) is 4.95. The molecule has 0 aromatic heterocycles. The summed E-state index contributed by atoms with van der Waals surface area (Å²) in [6, 6.07) is 10.4. The third-order valence-corrected chi connectivity index (χ3v) is 5.41. The summed E-state index contributed by atoms with van der Waals surface area (Å²) in [6.45, 7) is 5.19. The van der Waals surface area contributed by atoms with Gasteiger partial charge in [-0.3, -0.25) is 14.6 Å². The molecule has 0 unspecified atom stereocenters. The number of nitrogens with one attached hydrogen (secondary N) is 1. The van der Waals surface area contributed by atoms with E-state index in [0.29, 0.717) is 6.54 Å². The van der Waals surface area contributed by atoms with Gasteiger partial charge in [0.05, 0.1) is 6.54 Å². The summed E-state index contributed by atoms with van der Waals surface area (Å²) >= 11 is 0. The number of benzene rings is 1. The van der Waals surface area contributed by atoms with Gasteiger partial charge in [0.1, 0.15) is 0 Å². The van der Waals surface area contributed by atoms with E-state index in [1.807, 2.05) is 6.07 Å². The van der Waals surface area contributed by atoms with Crippen LogP contribution in [0.5, 0.6) is 0 Å². The number of hydrogen-bond acceptors (Lipinski definition) is 4. The summed E-state index contributed by atoms with van der Waals surface area (Å²) in [5.74, 6) is 0.226. The Morgan fingerprint density at radius 1 is 1.04 bits per heavy atom. The second kappa shape index (κ2) is 9.32. The van der Waals surface area contributed by atoms with E-state index in [9.17, 15) is 9.90 Å². The first-order chi connectivity index (χ1) is 12.2. The molecule has 5 heteroatoms. The largest absolute Gasteiger partial charge is 0.396 e. The number of carbonyl (C=O) groups excluding carboxylic acids is 1. The van der Waals surface area contributed by atoms with Crippen molar-refractivity contribution in [2.24, 2.45) is 5.92 Å². The lowest BCUT2D eigenvalue weighted by Gasteiger charge is -2.22. The molecule has 2 saturated heterocycles. The first-order valence-electron chi connectivity index (χ1n) is 9.63. The monoisotopic (exact) mass is 345 g/mol. The molecule has 2 aliphatic rings. The number of nitrogens with zero attached hydrogens (tertiary/aromatic N) is 2. The second-order valence-corrected chi connectivity index (χ2v) is 7.49. The van der Waals surface area contributed by atoms with Crippen LogP contribution in [0, 0.1) is 5.92 Å². The molecule has 2 aliphatic heterocycles. The molecule has 25 heavy (non-hydrogen) atoms. The average Bonchev–Trinajstić information content (AvgIpc) is 2.81. The number of aliphatic hydroxyl groups excluding tert-OH is 1. The average molecular weight is 345 g/mol. The van der Waals surface area contributed by atoms with Gasteiger partial charge in [-0.25, -0.2) is 0 Å². The Morgan fingerprint density at radius 2 is 1.76 bits per heavy atom. The van der Waals surface area contributed by atoms with Gasteiger partial charge in [0.15, 0.2) is 0 Å². The highest BCUT2D eigenvalue weighted by Gasteiger charge is 2.33. The highest BCUT2D eigenvalue weighted by atomic mass is 16.3. The van der Waals surface area contributed by atoms with Gasteiger partial charge < -0.3 is 10.4 Å². The topological polar surface area (TPSA) is 55.8 Å². The van der Waals surface area contributed by atoms with E-state index in [0.717, 1.165) is 32.7 Å². The molecule has 2 atom stereocenters. The van der Waals surface area contributed by atoms with Crippen molar-refractivity contribution in [3.05, 3.63) is 35.9 Å². The Labute approximate surface area is 151 Å². The molecule has 0 aliphatic carbocycles. The number of hydrogen-bond donors (Lipinski definition) is 2. The fraction of sp³-hybridized carbons (Fsp3) is 0.650. The predicted octanol–water partition coefficient (Wildman–Crippen LogP) is 1.47. The van der Waals surface area contributed by atoms with Crippen molar-refractivity contribution in [2.45, 2.75) is 38.3 Å². The van der Waals surface area contributed by atoms with E-state index in [1.165, 1.54) is 31.2 Å². The fourth-order valence-electron chi connectivity index (χ4n) is 4.03. The molecule has 1 amide bonds. The third-order valence-electron chi connectivity index (χ3n) is 5.41. The van der Waals surface area contributed by atoms with Crippen LogP contribution in [0.3, 0.4) is 0 Å². The summed E-state index contributed by atoms with van der Waals surface area (Å²) in [7, 11) is 0. The Kier molecular flexibility index (Phi) is 6.84. The van der Waals surface area contributed by atoms with Crippen LogP contribution < -0.4 is 5.32 Å². The van der Waals surface area contributed by atoms with Crippen LogP contribution in [0.2, 0.25) is 0 Å². The summed E-state index contributed by atoms with van der Waals surface area (Å²) in [4.78, 5) is 17.1. The van der Waals surface area contributed by atoms with Crippen LogP contribution in [0.4, 0.5) is 0 Å². The molecule has 138 valence electrons. The Hall–Kier alpha value is -1.43. The normalized spacial score (nSPS) is 25.6. The van der Waals surface area contributed by atoms with E-state index in [1.54, 1.807) is 0 Å². The van der Waals surface area contributed by atoms with E-state index < -0.39 is 0 Å². The van der Waals surface area contributed by atoms with Gasteiger partial charge in [-0.2, -0.15) is 0 Å². The molecular formula is C20H31N3O2. The summed E-state index contributed by atoms with van der Waals surface area (Å²) in [5.41, 5.74) is 1.27. The number of carbonyl (C=O) groups is 1. The van der Waals surface area contributed by atoms with Crippen molar-refractivity contribution >= 4 is 5.91 Å². The van der Waals surface area contributed by atoms with Gasteiger partial charge in [0.25, 0.3) is 0 Å². The Morgan fingerprint density at radius 3 is 2.44 bits per heavy atom. The first-order valence-corrected chi connectivity index (χ1v) is 9.63. The predicted molar refractivity (Wildman–Crippen MR) is 99.1 cm³/mol. The van der Waals surface area contributed by atoms with Crippen LogP contribution in [-0.2, 0) is 11.3 Å². The minimum atomic E-state index is 0.0493. The van der Waals surface area contributed by atoms with Crippen LogP contribution in [0.25, 0.3) is 0 Å². The summed E-state index contributed by atoms with van der Waals surface area (Å²) in [5, 5.41) is 12.9. The molecule has 2 heterocycles. The van der Waals surface area contributed by atoms with Crippen LogP contribution in [-0.4, -0.2) is 66.2 Å². The van der Waals surface area contributed by atoms with E-state index in [4.69, 9.17) is 0 Å². The van der Waals surface area contributed by atoms with Crippen LogP contribution in [0.15, 0.2) is 30.3 Å². The molecule has 0 saturated carbocycles. The zero-order valence-electron chi connectivity index (χ0n) is 15.1. The minimum Gasteiger partial charge on any atom is -0.396 e. The second-order valence-electron chi connectivity index (χ2n) is 7.49. The lowest BCUT2D eigenvalue weighted by Crippen LogP contribution is -2.46. The molecule has 0 radical (unpaired) electrons. The van der Waals surface area contributed by atoms with Gasteiger partial charge in [0.2, 0.25) is 5.91 Å². The number of rotatable bonds is 6. The maximum Gasteiger partial charge on any atom is 0.234 e. The molecule has 1 aromatic carbocycles. The van der Waals surface area contributed by atoms with Crippen LogP contribution >= 0.6 is 0 Å². The first kappa shape index (κ1) is 18.4. The number of likely N-dealkylation sites (tertiary alicyclic amines) is 2. The van der Waals surface area contributed by atoms with Gasteiger partial charge in [-0.1, -0.05) is 43.2 Å². The number of amides is 1. The third kappa shape index (κ3) is 5.53. The SMILES string of the molecule is O=C(CN1CCCCCC1)N[C@@H]1CN(Cc2ccccc2)C[C@H]1CO. The fourth-order valence-corrected chi connectivity index (χ4v) is 4.03. The van der Waals surface area contributed by atoms with E-state index in [2.05, 4.69) is 39.4 Å². The molecular weight excluding hydrogens is 314 g/mol. The molecule has 3 rings (SSSR count). The zero-order valence-corrected chi connectivity index (χ0v) is 15.1. The van der Waals surface area contributed by atoms with Crippen molar-refractivity contribution in [1.82, 2.24) is 15.1 Å². The molecule has 0 spiro atoms. The molecule has 0 bridgehead atoms. The lowest BCUT2D eigenvalue weighted by molar-refractivity contribution is -0.123. The molecule has 2 N–H and O–H groups in total. The Balaban J connectivity index is 1.49. The smallest absolute Gasteiger partial charge is 0.234 e. The van der Waals surface area contributed by atoms with Gasteiger partial charge >= 0.3 is 0 Å². The molecule has 5 nitrogen and oxygen atoms in total. The minimum absolute atomic E-state index is 0.0493. The van der Waals surface area contributed by atoms with E-state index in [-0.39, 0.29) is 24.5 Å². The van der Waals surface area contributed by atoms with Gasteiger partial charge in [-0.15, -0.1) is 0 Å². The maximum absolute atomic E-state index is 12.5. The van der Waals surface area contributed by atoms with Crippen molar-refractivity contribution < 1.29 is 9.90 Å². The highest BCUT2D eigenvalue weighted by molar-refractivity contribution is 5.78. The van der Waals surface area contributed by atoms with Crippen molar-refractivity contribution in [1.29, 1.82) is 0 Å². The number of aliphatic hydroxyl groups is 1. The molecule has 2 fully saturated rings. The van der Waals surface area contributed by atoms with Crippen molar-refractivity contribution in [3.8, 4) is 0 Å². The zero-order chi connectivity index (χ0) is 17.5. The standard InChI is InChI=1S/C20H31N3O2/c24-16-18-13-23(12-17-8-4-3-5-9-17)14-19(18)21-20(25)15-22-10-6-1-2-7-11-22/h3-5,8-9,18-19,24H,1-2,6-7,10-16H2,(H,21,25)/t18-,19+/m0/s1.